The summed E-state index contributed by atoms with van der Waals surface area (Å²) in [6, 6.07) is 13.8. The van der Waals surface area contributed by atoms with Crippen LogP contribution in [0.15, 0.2) is 58.6 Å². The van der Waals surface area contributed by atoms with E-state index in [0.29, 0.717) is 51.8 Å². The first kappa shape index (κ1) is 30.1. The Balaban J connectivity index is 1.27. The molecule has 4 fully saturated rings. The van der Waals surface area contributed by atoms with Gasteiger partial charge >= 0.3 is 0 Å². The van der Waals surface area contributed by atoms with Crippen LogP contribution in [0.3, 0.4) is 0 Å². The van der Waals surface area contributed by atoms with E-state index in [1.807, 2.05) is 42.5 Å². The summed E-state index contributed by atoms with van der Waals surface area (Å²) in [5.74, 6) is 2.90. The second-order valence-electron chi connectivity index (χ2n) is 13.8. The normalized spacial score (nSPS) is 29.3. The number of hydrogen-bond acceptors (Lipinski definition) is 5. The fourth-order valence-electron chi connectivity index (χ4n) is 7.89. The number of rotatable bonds is 6. The Hall–Kier alpha value is -2.94. The van der Waals surface area contributed by atoms with Crippen LogP contribution in [-0.4, -0.2) is 63.3 Å². The summed E-state index contributed by atoms with van der Waals surface area (Å²) in [4.78, 5) is 26.0. The molecule has 3 aromatic rings. The predicted molar refractivity (Wildman–Crippen MR) is 175 cm³/mol. The summed E-state index contributed by atoms with van der Waals surface area (Å²) in [6.45, 7) is 13.3. The van der Waals surface area contributed by atoms with Gasteiger partial charge in [-0.3, -0.25) is 9.36 Å². The molecule has 2 aromatic carbocycles. The summed E-state index contributed by atoms with van der Waals surface area (Å²) in [7, 11) is 0. The number of piperazine rings is 1. The quantitative estimate of drug-likeness (QED) is 0.259. The van der Waals surface area contributed by atoms with Crippen molar-refractivity contribution in [3.05, 3.63) is 69.7 Å². The summed E-state index contributed by atoms with van der Waals surface area (Å²) < 4.78 is 1.54. The van der Waals surface area contributed by atoms with Gasteiger partial charge in [0, 0.05) is 35.9 Å². The molecule has 230 valence electrons. The Kier molecular flexibility index (Phi) is 8.31. The largest absolute Gasteiger partial charge is 0.394 e. The summed E-state index contributed by atoms with van der Waals surface area (Å²) in [6.07, 6.45) is 4.52. The molecule has 1 unspecified atom stereocenters. The van der Waals surface area contributed by atoms with Crippen LogP contribution in [0.2, 0.25) is 5.02 Å². The molecule has 9 heteroatoms. The molecule has 3 N–H and O–H groups in total. The zero-order chi connectivity index (χ0) is 30.5. The number of guanidine groups is 1. The van der Waals surface area contributed by atoms with Gasteiger partial charge in [0.15, 0.2) is 5.96 Å². The highest BCUT2D eigenvalue weighted by molar-refractivity contribution is 6.30. The molecular weight excluding hydrogens is 560 g/mol. The van der Waals surface area contributed by atoms with Gasteiger partial charge in [-0.15, -0.1) is 0 Å². The molecule has 4 aliphatic rings. The molecule has 3 saturated carbocycles. The molecule has 7 rings (SSSR count). The molecule has 0 spiro atoms. The lowest BCUT2D eigenvalue weighted by Gasteiger charge is -2.61. The number of benzene rings is 2. The molecule has 0 amide bonds. The van der Waals surface area contributed by atoms with Crippen molar-refractivity contribution in [2.24, 2.45) is 28.2 Å². The van der Waals surface area contributed by atoms with Gasteiger partial charge in [0.1, 0.15) is 0 Å². The number of nitrogens with zero attached hydrogens (tertiary/aromatic N) is 4. The minimum Gasteiger partial charge on any atom is -0.394 e. The third-order valence-corrected chi connectivity index (χ3v) is 10.7. The Bertz CT molecular complexity index is 1540. The van der Waals surface area contributed by atoms with Crippen molar-refractivity contribution in [3.63, 3.8) is 0 Å². The number of aliphatic imine (C=N–C) groups is 1. The minimum atomic E-state index is -0.424. The van der Waals surface area contributed by atoms with Crippen LogP contribution in [0.25, 0.3) is 10.9 Å². The second-order valence-corrected chi connectivity index (χ2v) is 14.3. The molecule has 43 heavy (non-hydrogen) atoms. The van der Waals surface area contributed by atoms with E-state index in [1.165, 1.54) is 11.0 Å². The van der Waals surface area contributed by atoms with Gasteiger partial charge in [0.2, 0.25) is 0 Å². The van der Waals surface area contributed by atoms with Gasteiger partial charge in [0.25, 0.3) is 5.56 Å². The van der Waals surface area contributed by atoms with Crippen molar-refractivity contribution in [1.82, 2.24) is 19.8 Å². The zero-order valence-electron chi connectivity index (χ0n) is 25.9. The zero-order valence-corrected chi connectivity index (χ0v) is 26.7. The van der Waals surface area contributed by atoms with Gasteiger partial charge in [-0.05, 0) is 92.2 Å². The second kappa shape index (κ2) is 11.9. The van der Waals surface area contributed by atoms with E-state index in [4.69, 9.17) is 16.6 Å². The van der Waals surface area contributed by atoms with Gasteiger partial charge in [-0.25, -0.2) is 9.98 Å². The maximum atomic E-state index is 13.5. The van der Waals surface area contributed by atoms with Crippen molar-refractivity contribution >= 4 is 34.2 Å². The first-order chi connectivity index (χ1) is 20.5. The Morgan fingerprint density at radius 1 is 1.14 bits per heavy atom. The fourth-order valence-corrected chi connectivity index (χ4v) is 8.01. The van der Waals surface area contributed by atoms with Crippen molar-refractivity contribution in [2.75, 3.05) is 25.0 Å². The molecule has 2 heterocycles. The first-order valence-electron chi connectivity index (χ1n) is 15.8. The van der Waals surface area contributed by atoms with Crippen LogP contribution in [0, 0.1) is 23.2 Å². The Morgan fingerprint density at radius 2 is 1.86 bits per heavy atom. The Morgan fingerprint density at radius 3 is 2.51 bits per heavy atom. The van der Waals surface area contributed by atoms with Crippen LogP contribution in [0.4, 0.5) is 5.69 Å². The van der Waals surface area contributed by atoms with Crippen LogP contribution >= 0.6 is 11.6 Å². The number of hydrogen-bond donors (Lipinski definition) is 3. The van der Waals surface area contributed by atoms with Crippen molar-refractivity contribution < 1.29 is 5.11 Å². The molecular formula is C34H45ClN6O2. The molecule has 7 atom stereocenters. The van der Waals surface area contributed by atoms with Crippen LogP contribution < -0.4 is 16.2 Å². The fraction of sp³-hybridized carbons (Fsp3) is 0.559. The Labute approximate surface area is 259 Å². The molecule has 2 bridgehead atoms. The molecule has 1 aromatic heterocycles. The summed E-state index contributed by atoms with van der Waals surface area (Å²) in [5, 5.41) is 18.6. The highest BCUT2D eigenvalue weighted by Gasteiger charge is 2.56. The maximum absolute atomic E-state index is 13.5. The molecule has 3 aliphatic carbocycles. The van der Waals surface area contributed by atoms with E-state index < -0.39 is 6.04 Å². The molecule has 8 nitrogen and oxygen atoms in total. The molecule has 0 radical (unpaired) electrons. The highest BCUT2D eigenvalue weighted by Crippen LogP contribution is 2.61. The number of fused-ring (bicyclic) bond motifs is 3. The van der Waals surface area contributed by atoms with Crippen molar-refractivity contribution in [3.8, 4) is 0 Å². The molecule has 1 aliphatic heterocycles. The summed E-state index contributed by atoms with van der Waals surface area (Å²) in [5.41, 5.74) is 2.72. The van der Waals surface area contributed by atoms with E-state index in [1.54, 1.807) is 6.33 Å². The predicted octanol–water partition coefficient (Wildman–Crippen LogP) is 5.35. The lowest BCUT2D eigenvalue weighted by molar-refractivity contribution is -0.108. The van der Waals surface area contributed by atoms with E-state index in [9.17, 15) is 9.90 Å². The average Bonchev–Trinajstić information content (AvgIpc) is 2.97. The van der Waals surface area contributed by atoms with E-state index >= 15 is 0 Å². The standard InChI is InChI=1S/C34H45ClN6O2/c1-20-16-40(17-21(2)37-20)33(39-30-14-24-13-29(22(30)3)34(24,4)5)38-26-10-11-28-31(15-26)36-19-41(32(28)43)27(18-42)12-23-6-8-25(35)9-7-23/h6-11,15,19-22,24,27,29-30,37,42H,12-14,16-18H2,1-5H3,(H,38,39)/t20-,21+,22-,24-,27-,29+,30?/m0/s1. The minimum absolute atomic E-state index is 0.166. The highest BCUT2D eigenvalue weighted by atomic mass is 35.5. The third kappa shape index (κ3) is 5.94. The number of aliphatic hydroxyl groups excluding tert-OH is 1. The topological polar surface area (TPSA) is 94.8 Å². The van der Waals surface area contributed by atoms with E-state index in [0.717, 1.165) is 48.6 Å². The number of halogens is 1. The first-order valence-corrected chi connectivity index (χ1v) is 16.1. The lowest BCUT2D eigenvalue weighted by atomic mass is 9.45. The molecule has 1 saturated heterocycles. The average molecular weight is 605 g/mol. The van der Waals surface area contributed by atoms with E-state index in [2.05, 4.69) is 55.1 Å². The van der Waals surface area contributed by atoms with Crippen LogP contribution in [0.1, 0.15) is 59.1 Å². The SMILES string of the molecule is C[C@@H]1CN(C(=NC2C[C@@H]3C[C@H]([C@@H]2C)C3(C)C)Nc2ccc3c(=O)n([C@H](CO)Cc4ccc(Cl)cc4)cnc3c2)C[C@H](C)N1. The summed E-state index contributed by atoms with van der Waals surface area (Å²) >= 11 is 6.03. The van der Waals surface area contributed by atoms with E-state index in [-0.39, 0.29) is 12.2 Å². The van der Waals surface area contributed by atoms with Crippen molar-refractivity contribution in [1.29, 1.82) is 0 Å². The third-order valence-electron chi connectivity index (χ3n) is 10.5. The number of anilines is 1. The van der Waals surface area contributed by atoms with Gasteiger partial charge in [0.05, 0.1) is 35.9 Å². The number of aromatic nitrogens is 2. The number of aliphatic hydroxyl groups is 1. The van der Waals surface area contributed by atoms with Gasteiger partial charge < -0.3 is 20.6 Å². The van der Waals surface area contributed by atoms with Crippen LogP contribution in [0.5, 0.6) is 0 Å². The lowest BCUT2D eigenvalue weighted by Crippen LogP contribution is -2.59. The van der Waals surface area contributed by atoms with Crippen molar-refractivity contribution in [2.45, 2.75) is 78.0 Å². The van der Waals surface area contributed by atoms with Gasteiger partial charge in [-0.2, -0.15) is 0 Å². The maximum Gasteiger partial charge on any atom is 0.261 e. The smallest absolute Gasteiger partial charge is 0.261 e. The van der Waals surface area contributed by atoms with Crippen LogP contribution in [-0.2, 0) is 6.42 Å². The number of nitrogens with one attached hydrogen (secondary N) is 2. The van der Waals surface area contributed by atoms with Gasteiger partial charge in [-0.1, -0.05) is 44.5 Å². The monoisotopic (exact) mass is 604 g/mol.